The summed E-state index contributed by atoms with van der Waals surface area (Å²) in [6.45, 7) is 0. The highest BCUT2D eigenvalue weighted by Crippen LogP contribution is 2.26. The highest BCUT2D eigenvalue weighted by Gasteiger charge is 2.04. The van der Waals surface area contributed by atoms with Crippen LogP contribution in [0.4, 0.5) is 5.69 Å². The summed E-state index contributed by atoms with van der Waals surface area (Å²) in [5, 5.41) is 1.68. The number of aromatic nitrogens is 2. The van der Waals surface area contributed by atoms with E-state index in [0.29, 0.717) is 5.02 Å². The number of anilines is 1. The number of thioether (sulfide) groups is 1. The van der Waals surface area contributed by atoms with Crippen molar-refractivity contribution < 1.29 is 0 Å². The fraction of sp³-hybridized carbons (Fsp3) is 0.182. The van der Waals surface area contributed by atoms with Crippen molar-refractivity contribution in [3.05, 3.63) is 41.2 Å². The number of rotatable bonds is 3. The van der Waals surface area contributed by atoms with Crippen molar-refractivity contribution in [2.75, 3.05) is 5.73 Å². The highest BCUT2D eigenvalue weighted by molar-refractivity contribution is 7.98. The van der Waals surface area contributed by atoms with E-state index in [9.17, 15) is 0 Å². The Morgan fingerprint density at radius 3 is 3.00 bits per heavy atom. The Bertz CT molecular complexity index is 496. The van der Waals surface area contributed by atoms with Gasteiger partial charge in [0.25, 0.3) is 0 Å². The minimum absolute atomic E-state index is 0.713. The van der Waals surface area contributed by atoms with Gasteiger partial charge in [-0.05, 0) is 23.8 Å². The molecule has 0 aliphatic carbocycles. The number of halogens is 1. The van der Waals surface area contributed by atoms with Gasteiger partial charge in [-0.25, -0.2) is 4.98 Å². The number of nitrogens with zero attached hydrogens (tertiary/aromatic N) is 2. The first-order chi connectivity index (χ1) is 7.66. The average Bonchev–Trinajstić information content (AvgIpc) is 2.66. The van der Waals surface area contributed by atoms with Gasteiger partial charge in [0.2, 0.25) is 0 Å². The third-order valence-corrected chi connectivity index (χ3v) is 3.58. The van der Waals surface area contributed by atoms with E-state index in [1.54, 1.807) is 24.0 Å². The van der Waals surface area contributed by atoms with Crippen LogP contribution in [0.1, 0.15) is 5.56 Å². The molecule has 0 spiro atoms. The van der Waals surface area contributed by atoms with Crippen LogP contribution in [0.2, 0.25) is 5.02 Å². The molecule has 0 bridgehead atoms. The Labute approximate surface area is 104 Å². The first-order valence-corrected chi connectivity index (χ1v) is 6.17. The van der Waals surface area contributed by atoms with Gasteiger partial charge in [0.05, 0.1) is 0 Å². The molecule has 0 amide bonds. The molecule has 0 atom stereocenters. The normalized spacial score (nSPS) is 10.6. The van der Waals surface area contributed by atoms with Crippen molar-refractivity contribution in [3.63, 3.8) is 0 Å². The van der Waals surface area contributed by atoms with Crippen molar-refractivity contribution in [2.24, 2.45) is 7.05 Å². The molecule has 0 fully saturated rings. The summed E-state index contributed by atoms with van der Waals surface area (Å²) in [6.07, 6.45) is 3.70. The zero-order valence-electron chi connectivity index (χ0n) is 8.85. The van der Waals surface area contributed by atoms with E-state index in [0.717, 1.165) is 22.2 Å². The van der Waals surface area contributed by atoms with E-state index in [1.165, 1.54) is 0 Å². The summed E-state index contributed by atoms with van der Waals surface area (Å²) < 4.78 is 1.98. The van der Waals surface area contributed by atoms with E-state index in [4.69, 9.17) is 17.3 Å². The lowest BCUT2D eigenvalue weighted by molar-refractivity contribution is 0.790. The summed E-state index contributed by atoms with van der Waals surface area (Å²) in [7, 11) is 1.97. The number of nitrogen functional groups attached to an aromatic ring is 1. The lowest BCUT2D eigenvalue weighted by Gasteiger charge is -2.05. The van der Waals surface area contributed by atoms with Crippen LogP contribution in [0.3, 0.4) is 0 Å². The van der Waals surface area contributed by atoms with Gasteiger partial charge in [0.15, 0.2) is 5.16 Å². The second kappa shape index (κ2) is 4.80. The molecular weight excluding hydrogens is 242 g/mol. The van der Waals surface area contributed by atoms with Gasteiger partial charge in [0.1, 0.15) is 0 Å². The van der Waals surface area contributed by atoms with Gasteiger partial charge in [0, 0.05) is 35.9 Å². The van der Waals surface area contributed by atoms with Crippen molar-refractivity contribution >= 4 is 29.1 Å². The maximum Gasteiger partial charge on any atom is 0.167 e. The number of hydrogen-bond acceptors (Lipinski definition) is 3. The fourth-order valence-electron chi connectivity index (χ4n) is 1.33. The predicted molar refractivity (Wildman–Crippen MR) is 68.6 cm³/mol. The Balaban J connectivity index is 2.10. The molecule has 84 valence electrons. The van der Waals surface area contributed by atoms with Crippen LogP contribution in [0.15, 0.2) is 35.7 Å². The molecular formula is C11H12ClN3S. The van der Waals surface area contributed by atoms with Gasteiger partial charge in [-0.3, -0.25) is 0 Å². The molecule has 1 aromatic heterocycles. The molecule has 1 aromatic carbocycles. The zero-order valence-corrected chi connectivity index (χ0v) is 10.4. The molecule has 16 heavy (non-hydrogen) atoms. The number of benzene rings is 1. The molecule has 5 heteroatoms. The van der Waals surface area contributed by atoms with Crippen LogP contribution < -0.4 is 5.73 Å². The summed E-state index contributed by atoms with van der Waals surface area (Å²) in [4.78, 5) is 4.24. The first kappa shape index (κ1) is 11.4. The predicted octanol–water partition coefficient (Wildman–Crippen LogP) is 2.95. The van der Waals surface area contributed by atoms with E-state index in [1.807, 2.05) is 29.9 Å². The molecule has 3 nitrogen and oxygen atoms in total. The average molecular weight is 254 g/mol. The van der Waals surface area contributed by atoms with Crippen molar-refractivity contribution in [2.45, 2.75) is 10.9 Å². The van der Waals surface area contributed by atoms with Crippen LogP contribution in [-0.4, -0.2) is 9.55 Å². The molecule has 2 N–H and O–H groups in total. The zero-order chi connectivity index (χ0) is 11.5. The van der Waals surface area contributed by atoms with Gasteiger partial charge < -0.3 is 10.3 Å². The van der Waals surface area contributed by atoms with Crippen molar-refractivity contribution in [1.82, 2.24) is 9.55 Å². The molecule has 0 saturated carbocycles. The lowest BCUT2D eigenvalue weighted by atomic mass is 10.2. The van der Waals surface area contributed by atoms with E-state index < -0.39 is 0 Å². The van der Waals surface area contributed by atoms with Crippen LogP contribution in [0.25, 0.3) is 0 Å². The molecule has 0 radical (unpaired) electrons. The topological polar surface area (TPSA) is 43.8 Å². The second-order valence-electron chi connectivity index (χ2n) is 3.45. The van der Waals surface area contributed by atoms with Crippen LogP contribution in [0.5, 0.6) is 0 Å². The van der Waals surface area contributed by atoms with Crippen molar-refractivity contribution in [1.29, 1.82) is 0 Å². The Morgan fingerprint density at radius 1 is 1.50 bits per heavy atom. The van der Waals surface area contributed by atoms with E-state index in [2.05, 4.69) is 4.98 Å². The molecule has 1 heterocycles. The van der Waals surface area contributed by atoms with Crippen molar-refractivity contribution in [3.8, 4) is 0 Å². The molecule has 0 aliphatic heterocycles. The largest absolute Gasteiger partial charge is 0.398 e. The first-order valence-electron chi connectivity index (χ1n) is 4.81. The smallest absolute Gasteiger partial charge is 0.167 e. The number of aryl methyl sites for hydroxylation is 1. The summed E-state index contributed by atoms with van der Waals surface area (Å²) in [5.74, 6) is 0.775. The maximum absolute atomic E-state index is 5.92. The second-order valence-corrected chi connectivity index (χ2v) is 4.83. The summed E-state index contributed by atoms with van der Waals surface area (Å²) in [5.41, 5.74) is 7.68. The quantitative estimate of drug-likeness (QED) is 0.676. The Morgan fingerprint density at radius 2 is 2.31 bits per heavy atom. The van der Waals surface area contributed by atoms with Crippen LogP contribution in [-0.2, 0) is 12.8 Å². The molecule has 0 saturated heterocycles. The molecule has 2 rings (SSSR count). The van der Waals surface area contributed by atoms with Crippen LogP contribution in [0, 0.1) is 0 Å². The van der Waals surface area contributed by atoms with Gasteiger partial charge in [-0.15, -0.1) is 0 Å². The van der Waals surface area contributed by atoms with Gasteiger partial charge in [-0.2, -0.15) is 0 Å². The number of imidazole rings is 1. The van der Waals surface area contributed by atoms with E-state index in [-0.39, 0.29) is 0 Å². The van der Waals surface area contributed by atoms with Gasteiger partial charge >= 0.3 is 0 Å². The number of hydrogen-bond donors (Lipinski definition) is 1. The third kappa shape index (κ3) is 2.51. The molecule has 0 aliphatic rings. The summed E-state index contributed by atoms with van der Waals surface area (Å²) in [6, 6.07) is 5.52. The SMILES string of the molecule is Cn1ccnc1SCc1cc(Cl)ccc1N. The lowest BCUT2D eigenvalue weighted by Crippen LogP contribution is -1.94. The third-order valence-electron chi connectivity index (χ3n) is 2.24. The maximum atomic E-state index is 5.92. The minimum atomic E-state index is 0.713. The highest BCUT2D eigenvalue weighted by atomic mass is 35.5. The fourth-order valence-corrected chi connectivity index (χ4v) is 2.46. The standard InChI is InChI=1S/C11H12ClN3S/c1-15-5-4-14-11(15)16-7-8-6-9(12)2-3-10(8)13/h2-6H,7,13H2,1H3. The number of nitrogens with two attached hydrogens (primary N) is 1. The Hall–Kier alpha value is -1.13. The monoisotopic (exact) mass is 253 g/mol. The van der Waals surface area contributed by atoms with Gasteiger partial charge in [-0.1, -0.05) is 23.4 Å². The minimum Gasteiger partial charge on any atom is -0.398 e. The van der Waals surface area contributed by atoms with E-state index >= 15 is 0 Å². The van der Waals surface area contributed by atoms with Crippen LogP contribution >= 0.6 is 23.4 Å². The Kier molecular flexibility index (Phi) is 3.41. The molecule has 2 aromatic rings. The molecule has 0 unspecified atom stereocenters. The summed E-state index contributed by atoms with van der Waals surface area (Å²) >= 11 is 7.57.